The van der Waals surface area contributed by atoms with E-state index >= 15 is 0 Å². The molecule has 55 heavy (non-hydrogen) atoms. The molecule has 5 aromatic carbocycles. The van der Waals surface area contributed by atoms with E-state index in [9.17, 15) is 0 Å². The van der Waals surface area contributed by atoms with E-state index in [1.165, 1.54) is 53.7 Å². The highest BCUT2D eigenvalue weighted by Crippen LogP contribution is 2.54. The summed E-state index contributed by atoms with van der Waals surface area (Å²) < 4.78 is 2.58. The Morgan fingerprint density at radius 2 is 1.35 bits per heavy atom. The van der Waals surface area contributed by atoms with Crippen molar-refractivity contribution < 1.29 is 0 Å². The van der Waals surface area contributed by atoms with Crippen molar-refractivity contribution in [1.82, 2.24) is 14.5 Å². The molecule has 0 saturated heterocycles. The minimum atomic E-state index is 0.398. The Bertz CT molecular complexity index is 2730. The zero-order chi connectivity index (χ0) is 36.3. The molecule has 3 aliphatic carbocycles. The molecule has 2 unspecified atom stereocenters. The number of aromatic nitrogens is 3. The Morgan fingerprint density at radius 1 is 0.655 bits per heavy atom. The van der Waals surface area contributed by atoms with Gasteiger partial charge in [0.05, 0.1) is 16.9 Å². The molecule has 0 amide bonds. The zero-order valence-corrected chi connectivity index (χ0v) is 31.6. The van der Waals surface area contributed by atoms with Crippen LogP contribution in [0.3, 0.4) is 0 Å². The molecule has 4 aliphatic rings. The van der Waals surface area contributed by atoms with Gasteiger partial charge in [0.1, 0.15) is 0 Å². The number of hydrogen-bond acceptors (Lipinski definition) is 4. The van der Waals surface area contributed by atoms with Crippen LogP contribution >= 0.6 is 23.5 Å². The number of nitrogens with zero attached hydrogens (tertiary/aromatic N) is 3. The van der Waals surface area contributed by atoms with E-state index < -0.39 is 0 Å². The van der Waals surface area contributed by atoms with E-state index in [1.807, 2.05) is 35.7 Å². The van der Waals surface area contributed by atoms with E-state index in [4.69, 9.17) is 9.97 Å². The molecule has 11 rings (SSSR count). The summed E-state index contributed by atoms with van der Waals surface area (Å²) in [5, 5.41) is 1.82. The maximum absolute atomic E-state index is 5.04. The third-order valence-electron chi connectivity index (χ3n) is 11.1. The summed E-state index contributed by atoms with van der Waals surface area (Å²) in [6, 6.07) is 45.4. The van der Waals surface area contributed by atoms with E-state index in [0.717, 1.165) is 52.3 Å². The third-order valence-corrected chi connectivity index (χ3v) is 14.0. The standard InChI is InChI=1S/C50H35N3S2/c1-3-11-34(12-4-1)42-31-43(35-13-5-2-6-14-35)52-50(51-42)36-21-19-32(20-22-36)33-23-25-39(26-24-33)53-44-30-38-16-8-7-15-37(38)29-41(44)40-27-28-47-49(48(40)53)55-46-18-10-9-17-45(46)54-47/h1-17,19-29,31,38,46H,18,30H2. The van der Waals surface area contributed by atoms with Gasteiger partial charge >= 0.3 is 0 Å². The van der Waals surface area contributed by atoms with Gasteiger partial charge in [0.25, 0.3) is 0 Å². The molecule has 0 fully saturated rings. The third kappa shape index (κ3) is 5.78. The van der Waals surface area contributed by atoms with Crippen molar-refractivity contribution in [3.8, 4) is 50.7 Å². The summed E-state index contributed by atoms with van der Waals surface area (Å²) in [4.78, 5) is 14.3. The lowest BCUT2D eigenvalue weighted by molar-refractivity contribution is 0.725. The van der Waals surface area contributed by atoms with E-state index in [0.29, 0.717) is 11.2 Å². The van der Waals surface area contributed by atoms with Crippen LogP contribution in [0.2, 0.25) is 0 Å². The van der Waals surface area contributed by atoms with Gasteiger partial charge in [0.15, 0.2) is 5.82 Å². The predicted molar refractivity (Wildman–Crippen MR) is 231 cm³/mol. The fourth-order valence-corrected chi connectivity index (χ4v) is 11.0. The number of thioether (sulfide) groups is 2. The van der Waals surface area contributed by atoms with Crippen LogP contribution in [0.25, 0.3) is 67.7 Å². The molecule has 0 bridgehead atoms. The predicted octanol–water partition coefficient (Wildman–Crippen LogP) is 13.2. The van der Waals surface area contributed by atoms with Crippen LogP contribution in [0.4, 0.5) is 0 Å². The van der Waals surface area contributed by atoms with Crippen LogP contribution in [0.1, 0.15) is 17.7 Å². The maximum atomic E-state index is 5.04. The van der Waals surface area contributed by atoms with Crippen LogP contribution in [0.5, 0.6) is 0 Å². The van der Waals surface area contributed by atoms with Gasteiger partial charge in [-0.05, 0) is 59.9 Å². The number of allylic oxidation sites excluding steroid dienone is 8. The second-order valence-electron chi connectivity index (χ2n) is 14.4. The Hall–Kier alpha value is -5.88. The van der Waals surface area contributed by atoms with Gasteiger partial charge in [-0.2, -0.15) is 0 Å². The van der Waals surface area contributed by atoms with E-state index in [1.54, 1.807) is 0 Å². The molecule has 0 spiro atoms. The highest BCUT2D eigenvalue weighted by atomic mass is 32.2. The van der Waals surface area contributed by atoms with Gasteiger partial charge in [-0.15, -0.1) is 11.8 Å². The summed E-state index contributed by atoms with van der Waals surface area (Å²) in [7, 11) is 0. The van der Waals surface area contributed by atoms with Crippen LogP contribution in [0, 0.1) is 5.92 Å². The highest BCUT2D eigenvalue weighted by molar-refractivity contribution is 8.09. The Morgan fingerprint density at radius 3 is 2.07 bits per heavy atom. The minimum absolute atomic E-state index is 0.398. The van der Waals surface area contributed by atoms with Crippen molar-refractivity contribution in [3.63, 3.8) is 0 Å². The largest absolute Gasteiger partial charge is 0.312 e. The average molecular weight is 742 g/mol. The van der Waals surface area contributed by atoms with E-state index in [2.05, 4.69) is 168 Å². The van der Waals surface area contributed by atoms with Gasteiger partial charge in [0, 0.05) is 64.9 Å². The smallest absolute Gasteiger partial charge is 0.160 e. The van der Waals surface area contributed by atoms with Crippen LogP contribution in [-0.4, -0.2) is 19.8 Å². The number of fused-ring (bicyclic) bond motifs is 7. The van der Waals surface area contributed by atoms with Crippen LogP contribution in [-0.2, 0) is 6.42 Å². The zero-order valence-electron chi connectivity index (χ0n) is 30.0. The van der Waals surface area contributed by atoms with Crippen molar-refractivity contribution in [1.29, 1.82) is 0 Å². The molecule has 0 saturated carbocycles. The SMILES string of the molecule is C1=CCC2Sc3c(ccc4c5c(n(-c6ccc(-c7ccc(-c8nc(-c9ccccc9)cc(-c9ccccc9)n8)cc7)cc6)c34)CC3C=CC=CC3=C5)SC2=C1. The lowest BCUT2D eigenvalue weighted by Gasteiger charge is -2.28. The molecule has 2 aromatic heterocycles. The Kier molecular flexibility index (Phi) is 7.96. The minimum Gasteiger partial charge on any atom is -0.312 e. The van der Waals surface area contributed by atoms with Gasteiger partial charge in [-0.3, -0.25) is 0 Å². The molecule has 262 valence electrons. The molecule has 7 aromatic rings. The monoisotopic (exact) mass is 741 g/mol. The lowest BCUT2D eigenvalue weighted by Crippen LogP contribution is -2.14. The number of benzene rings is 5. The molecule has 0 radical (unpaired) electrons. The van der Waals surface area contributed by atoms with Gasteiger partial charge in [0.2, 0.25) is 0 Å². The topological polar surface area (TPSA) is 30.7 Å². The molecule has 5 heteroatoms. The summed E-state index contributed by atoms with van der Waals surface area (Å²) >= 11 is 4.00. The molecule has 3 heterocycles. The maximum Gasteiger partial charge on any atom is 0.160 e. The molecule has 2 atom stereocenters. The first-order valence-corrected chi connectivity index (χ1v) is 20.6. The fourth-order valence-electron chi connectivity index (χ4n) is 8.33. The highest BCUT2D eigenvalue weighted by Gasteiger charge is 2.32. The number of rotatable bonds is 5. The average Bonchev–Trinajstić information content (AvgIpc) is 3.59. The molecule has 1 aliphatic heterocycles. The van der Waals surface area contributed by atoms with Crippen molar-refractivity contribution in [2.45, 2.75) is 27.9 Å². The fraction of sp³-hybridized carbons (Fsp3) is 0.0800. The Labute approximate surface area is 329 Å². The first kappa shape index (κ1) is 32.5. The van der Waals surface area contributed by atoms with Gasteiger partial charge in [-0.25, -0.2) is 9.97 Å². The Balaban J connectivity index is 0.972. The second kappa shape index (κ2) is 13.5. The van der Waals surface area contributed by atoms with Crippen LogP contribution < -0.4 is 0 Å². The molecular weight excluding hydrogens is 707 g/mol. The lowest BCUT2D eigenvalue weighted by atomic mass is 9.83. The molecule has 3 nitrogen and oxygen atoms in total. The van der Waals surface area contributed by atoms with Crippen molar-refractivity contribution in [3.05, 3.63) is 192 Å². The van der Waals surface area contributed by atoms with E-state index in [-0.39, 0.29) is 0 Å². The summed E-state index contributed by atoms with van der Waals surface area (Å²) in [5.74, 6) is 1.12. The summed E-state index contributed by atoms with van der Waals surface area (Å²) in [6.07, 6.45) is 20.4. The number of hydrogen-bond donors (Lipinski definition) is 0. The van der Waals surface area contributed by atoms with Crippen molar-refractivity contribution in [2.75, 3.05) is 0 Å². The van der Waals surface area contributed by atoms with Crippen molar-refractivity contribution >= 4 is 40.5 Å². The molecule has 0 N–H and O–H groups in total. The first-order valence-electron chi connectivity index (χ1n) is 18.9. The first-order chi connectivity index (χ1) is 27.2. The quantitative estimate of drug-likeness (QED) is 0.176. The molecular formula is C50H35N3S2. The summed E-state index contributed by atoms with van der Waals surface area (Å²) in [6.45, 7) is 0. The normalized spacial score (nSPS) is 17.9. The van der Waals surface area contributed by atoms with Crippen LogP contribution in [0.15, 0.2) is 190 Å². The second-order valence-corrected chi connectivity index (χ2v) is 16.8. The van der Waals surface area contributed by atoms with Gasteiger partial charge < -0.3 is 4.57 Å². The van der Waals surface area contributed by atoms with Gasteiger partial charge in [-0.1, -0.05) is 157 Å². The summed E-state index contributed by atoms with van der Waals surface area (Å²) in [5.41, 5.74) is 14.1. The van der Waals surface area contributed by atoms with Crippen molar-refractivity contribution in [2.24, 2.45) is 5.92 Å².